The number of aromatic nitrogens is 2. The van der Waals surface area contributed by atoms with Gasteiger partial charge in [0.15, 0.2) is 11.6 Å². The van der Waals surface area contributed by atoms with Gasteiger partial charge in [-0.2, -0.15) is 9.97 Å². The highest BCUT2D eigenvalue weighted by Gasteiger charge is 2.39. The van der Waals surface area contributed by atoms with Crippen LogP contribution in [0.5, 0.6) is 6.01 Å². The molecule has 3 N–H and O–H groups in total. The summed E-state index contributed by atoms with van der Waals surface area (Å²) in [5.41, 5.74) is 9.78. The van der Waals surface area contributed by atoms with Crippen molar-refractivity contribution in [1.82, 2.24) is 19.8 Å². The lowest BCUT2D eigenvalue weighted by Gasteiger charge is -2.36. The molecule has 2 amide bonds. The van der Waals surface area contributed by atoms with Crippen LogP contribution in [0.25, 0.3) is 0 Å². The van der Waals surface area contributed by atoms with Crippen molar-refractivity contribution in [2.75, 3.05) is 48.7 Å². The maximum Gasteiger partial charge on any atom is 0.320 e. The monoisotopic (exact) mass is 507 g/mol. The van der Waals surface area contributed by atoms with E-state index in [0.717, 1.165) is 32.4 Å². The van der Waals surface area contributed by atoms with Gasteiger partial charge in [0, 0.05) is 37.8 Å². The summed E-state index contributed by atoms with van der Waals surface area (Å²) in [4.78, 5) is 41.8. The minimum atomic E-state index is -0.564. The molecule has 3 aliphatic rings. The molecule has 0 radical (unpaired) electrons. The summed E-state index contributed by atoms with van der Waals surface area (Å²) in [6.07, 6.45) is 3.59. The van der Waals surface area contributed by atoms with Gasteiger partial charge in [-0.15, -0.1) is 0 Å². The van der Waals surface area contributed by atoms with Crippen molar-refractivity contribution < 1.29 is 14.3 Å². The Bertz CT molecular complexity index is 1180. The number of hydrogen-bond donors (Lipinski definition) is 2. The average Bonchev–Trinajstić information content (AvgIpc) is 3.12. The minimum Gasteiger partial charge on any atom is -0.463 e. The van der Waals surface area contributed by atoms with Crippen LogP contribution in [0.15, 0.2) is 18.2 Å². The Morgan fingerprint density at radius 2 is 2.05 bits per heavy atom. The number of nitrogen functional groups attached to an aromatic ring is 1. The van der Waals surface area contributed by atoms with Crippen molar-refractivity contribution in [3.05, 3.63) is 34.9 Å². The number of unbranched alkanes of at least 4 members (excludes halogenated alkanes) is 1. The number of fused-ring (bicyclic) bond motifs is 4. The van der Waals surface area contributed by atoms with E-state index in [1.807, 2.05) is 17.0 Å². The van der Waals surface area contributed by atoms with Gasteiger partial charge in [0.05, 0.1) is 13.2 Å². The molecular formula is C27H37N7O3. The van der Waals surface area contributed by atoms with Crippen LogP contribution in [0.1, 0.15) is 61.5 Å². The number of amides is 2. The molecule has 1 atom stereocenters. The molecular weight excluding hydrogens is 470 g/mol. The zero-order valence-electron chi connectivity index (χ0n) is 22.0. The van der Waals surface area contributed by atoms with Crippen LogP contribution >= 0.6 is 0 Å². The summed E-state index contributed by atoms with van der Waals surface area (Å²) in [6.45, 7) is 10.3. The number of carbonyl (C=O) groups excluding carboxylic acids is 2. The molecule has 3 aliphatic heterocycles. The number of hydrogen-bond acceptors (Lipinski definition) is 8. The Morgan fingerprint density at radius 3 is 2.84 bits per heavy atom. The SMILES string of the molecule is CCCCOc1nc(N)c2c(n1)N1CCCN(C(=O)c3ccc4c(c3)CN(C(C)C)CC4)CC1C(=O)N2. The van der Waals surface area contributed by atoms with E-state index in [9.17, 15) is 9.59 Å². The van der Waals surface area contributed by atoms with Gasteiger partial charge in [-0.3, -0.25) is 14.5 Å². The van der Waals surface area contributed by atoms with E-state index in [1.165, 1.54) is 11.1 Å². The van der Waals surface area contributed by atoms with Crippen molar-refractivity contribution in [2.24, 2.45) is 0 Å². The van der Waals surface area contributed by atoms with Gasteiger partial charge in [0.1, 0.15) is 11.7 Å². The van der Waals surface area contributed by atoms with Gasteiger partial charge < -0.3 is 25.6 Å². The third-order valence-electron chi connectivity index (χ3n) is 7.56. The fourth-order valence-corrected chi connectivity index (χ4v) is 5.34. The summed E-state index contributed by atoms with van der Waals surface area (Å²) in [5.74, 6) is 0.487. The van der Waals surface area contributed by atoms with E-state index in [1.54, 1.807) is 4.90 Å². The first-order valence-corrected chi connectivity index (χ1v) is 13.4. The topological polar surface area (TPSA) is 117 Å². The lowest BCUT2D eigenvalue weighted by molar-refractivity contribution is -0.117. The normalized spacial score (nSPS) is 19.6. The minimum absolute atomic E-state index is 0.0456. The van der Waals surface area contributed by atoms with Crippen LogP contribution in [0.3, 0.4) is 0 Å². The maximum absolute atomic E-state index is 13.6. The number of anilines is 3. The fourth-order valence-electron chi connectivity index (χ4n) is 5.34. The number of ether oxygens (including phenoxy) is 1. The van der Waals surface area contributed by atoms with Crippen molar-refractivity contribution in [3.8, 4) is 6.01 Å². The number of nitrogens with zero attached hydrogens (tertiary/aromatic N) is 5. The molecule has 5 rings (SSSR count). The Hall–Kier alpha value is -3.40. The summed E-state index contributed by atoms with van der Waals surface area (Å²) in [5, 5.41) is 2.88. The average molecular weight is 508 g/mol. The molecule has 10 heteroatoms. The van der Waals surface area contributed by atoms with Crippen LogP contribution < -0.4 is 20.7 Å². The summed E-state index contributed by atoms with van der Waals surface area (Å²) in [7, 11) is 0. The Morgan fingerprint density at radius 1 is 1.22 bits per heavy atom. The quantitative estimate of drug-likeness (QED) is 0.573. The van der Waals surface area contributed by atoms with Gasteiger partial charge in [0.2, 0.25) is 5.91 Å². The van der Waals surface area contributed by atoms with E-state index < -0.39 is 6.04 Å². The van der Waals surface area contributed by atoms with Crippen LogP contribution in [0.2, 0.25) is 0 Å². The molecule has 2 aromatic rings. The van der Waals surface area contributed by atoms with Crippen molar-refractivity contribution >= 4 is 29.1 Å². The molecule has 10 nitrogen and oxygen atoms in total. The van der Waals surface area contributed by atoms with E-state index >= 15 is 0 Å². The van der Waals surface area contributed by atoms with E-state index in [2.05, 4.69) is 47.0 Å². The highest BCUT2D eigenvalue weighted by molar-refractivity contribution is 6.06. The molecule has 198 valence electrons. The third-order valence-corrected chi connectivity index (χ3v) is 7.56. The van der Waals surface area contributed by atoms with Gasteiger partial charge in [0.25, 0.3) is 5.91 Å². The summed E-state index contributed by atoms with van der Waals surface area (Å²) in [6, 6.07) is 6.17. The third kappa shape index (κ3) is 5.07. The second-order valence-corrected chi connectivity index (χ2v) is 10.4. The molecule has 0 bridgehead atoms. The molecule has 0 spiro atoms. The largest absolute Gasteiger partial charge is 0.463 e. The first-order chi connectivity index (χ1) is 17.9. The van der Waals surface area contributed by atoms with Gasteiger partial charge in [-0.05, 0) is 56.4 Å². The molecule has 1 unspecified atom stereocenters. The van der Waals surface area contributed by atoms with E-state index in [-0.39, 0.29) is 30.2 Å². The fraction of sp³-hybridized carbons (Fsp3) is 0.556. The molecule has 4 heterocycles. The lowest BCUT2D eigenvalue weighted by atomic mass is 9.96. The molecule has 37 heavy (non-hydrogen) atoms. The number of carbonyl (C=O) groups is 2. The second kappa shape index (κ2) is 10.5. The van der Waals surface area contributed by atoms with Crippen LogP contribution in [0.4, 0.5) is 17.3 Å². The molecule has 0 aliphatic carbocycles. The molecule has 1 aromatic carbocycles. The maximum atomic E-state index is 13.6. The highest BCUT2D eigenvalue weighted by atomic mass is 16.5. The first kappa shape index (κ1) is 25.3. The number of benzene rings is 1. The summed E-state index contributed by atoms with van der Waals surface area (Å²) < 4.78 is 5.71. The van der Waals surface area contributed by atoms with Crippen molar-refractivity contribution in [3.63, 3.8) is 0 Å². The van der Waals surface area contributed by atoms with Crippen LogP contribution in [0, 0.1) is 0 Å². The zero-order valence-corrected chi connectivity index (χ0v) is 22.0. The smallest absolute Gasteiger partial charge is 0.320 e. The highest BCUT2D eigenvalue weighted by Crippen LogP contribution is 2.36. The Labute approximate surface area is 218 Å². The van der Waals surface area contributed by atoms with Crippen LogP contribution in [-0.4, -0.2) is 76.5 Å². The molecule has 0 saturated carbocycles. The second-order valence-electron chi connectivity index (χ2n) is 10.4. The van der Waals surface area contributed by atoms with E-state index in [0.29, 0.717) is 49.2 Å². The van der Waals surface area contributed by atoms with Gasteiger partial charge in [-0.25, -0.2) is 0 Å². The van der Waals surface area contributed by atoms with Crippen LogP contribution in [-0.2, 0) is 17.8 Å². The van der Waals surface area contributed by atoms with E-state index in [4.69, 9.17) is 10.5 Å². The standard InChI is InChI=1S/C27H37N7O3/c1-4-5-13-37-27-30-23(28)22-24(31-27)34-11-6-10-33(16-21(34)25(35)29-22)26(36)19-8-7-18-9-12-32(17(2)3)15-20(18)14-19/h7-8,14,17,21H,4-6,9-13,15-16H2,1-3H3,(H,29,35)(H2,28,30,31). The Balaban J connectivity index is 1.36. The van der Waals surface area contributed by atoms with Crippen molar-refractivity contribution in [1.29, 1.82) is 0 Å². The summed E-state index contributed by atoms with van der Waals surface area (Å²) >= 11 is 0. The predicted molar refractivity (Wildman–Crippen MR) is 143 cm³/mol. The zero-order chi connectivity index (χ0) is 26.1. The molecule has 1 fully saturated rings. The molecule has 1 aromatic heterocycles. The first-order valence-electron chi connectivity index (χ1n) is 13.4. The predicted octanol–water partition coefficient (Wildman–Crippen LogP) is 2.68. The number of rotatable bonds is 6. The number of nitrogens with two attached hydrogens (primary N) is 1. The van der Waals surface area contributed by atoms with Gasteiger partial charge in [-0.1, -0.05) is 19.4 Å². The lowest BCUT2D eigenvalue weighted by Crippen LogP contribution is -2.53. The molecule has 1 saturated heterocycles. The number of nitrogens with one attached hydrogen (secondary N) is 1. The van der Waals surface area contributed by atoms with Crippen molar-refractivity contribution in [2.45, 2.75) is 65.1 Å². The Kier molecular flexibility index (Phi) is 7.19. The van der Waals surface area contributed by atoms with Gasteiger partial charge >= 0.3 is 6.01 Å².